The van der Waals surface area contributed by atoms with Gasteiger partial charge in [0.25, 0.3) is 0 Å². The lowest BCUT2D eigenvalue weighted by atomic mass is 10.1. The topological polar surface area (TPSA) is 34.1 Å². The molecule has 15 heavy (non-hydrogen) atoms. The van der Waals surface area contributed by atoms with Gasteiger partial charge in [0.15, 0.2) is 0 Å². The Kier molecular flexibility index (Phi) is 6.20. The largest absolute Gasteiger partial charge is 0.389 e. The zero-order chi connectivity index (χ0) is 11.9. The van der Waals surface area contributed by atoms with Crippen molar-refractivity contribution < 1.29 is 22.8 Å². The average Bonchev–Trinajstić information content (AvgIpc) is 2.01. The van der Waals surface area contributed by atoms with Gasteiger partial charge in [-0.05, 0) is 12.8 Å². The van der Waals surface area contributed by atoms with Gasteiger partial charge in [-0.15, -0.1) is 0 Å². The fraction of sp³-hybridized carbons (Fsp3) is 0.800. The lowest BCUT2D eigenvalue weighted by molar-refractivity contribution is -0.137. The van der Waals surface area contributed by atoms with Gasteiger partial charge >= 0.3 is 6.18 Å². The molecule has 2 nitrogen and oxygen atoms in total. The molecular formula is C10H15F3O2. The molecule has 0 atom stereocenters. The fourth-order valence-corrected chi connectivity index (χ4v) is 1.16. The second-order valence-corrected chi connectivity index (χ2v) is 3.47. The zero-order valence-corrected chi connectivity index (χ0v) is 8.69. The summed E-state index contributed by atoms with van der Waals surface area (Å²) in [6, 6.07) is 0. The Hall–Kier alpha value is -0.870. The molecule has 0 bridgehead atoms. The van der Waals surface area contributed by atoms with Gasteiger partial charge in [0.05, 0.1) is 6.42 Å². The summed E-state index contributed by atoms with van der Waals surface area (Å²) in [5.41, 5.74) is 0. The molecule has 0 amide bonds. The molecular weight excluding hydrogens is 209 g/mol. The smallest absolute Gasteiger partial charge is 0.299 e. The Morgan fingerprint density at radius 3 is 2.07 bits per heavy atom. The van der Waals surface area contributed by atoms with Crippen molar-refractivity contribution >= 4 is 11.6 Å². The Bertz CT molecular complexity index is 221. The van der Waals surface area contributed by atoms with Crippen molar-refractivity contribution in [3.05, 3.63) is 0 Å². The van der Waals surface area contributed by atoms with Crippen LogP contribution in [0.4, 0.5) is 13.2 Å². The van der Waals surface area contributed by atoms with E-state index >= 15 is 0 Å². The van der Waals surface area contributed by atoms with Crippen molar-refractivity contribution in [2.45, 2.75) is 51.6 Å². The summed E-state index contributed by atoms with van der Waals surface area (Å²) >= 11 is 0. The molecule has 0 aliphatic rings. The minimum atomic E-state index is -4.21. The Morgan fingerprint density at radius 2 is 1.60 bits per heavy atom. The Balaban J connectivity index is 3.62. The number of ketones is 2. The zero-order valence-electron chi connectivity index (χ0n) is 8.69. The number of carbonyl (C=O) groups excluding carboxylic acids is 2. The highest BCUT2D eigenvalue weighted by atomic mass is 19.4. The van der Waals surface area contributed by atoms with Gasteiger partial charge in [-0.1, -0.05) is 6.92 Å². The summed E-state index contributed by atoms with van der Waals surface area (Å²) in [5.74, 6) is -0.577. The first kappa shape index (κ1) is 14.1. The van der Waals surface area contributed by atoms with Crippen LogP contribution >= 0.6 is 0 Å². The number of Topliss-reactive ketones (excluding diaryl/α,β-unsaturated/α-hetero) is 2. The lowest BCUT2D eigenvalue weighted by Crippen LogP contribution is -2.10. The highest BCUT2D eigenvalue weighted by molar-refractivity contribution is 5.98. The molecule has 0 saturated heterocycles. The second-order valence-electron chi connectivity index (χ2n) is 3.47. The van der Waals surface area contributed by atoms with Crippen LogP contribution in [0.15, 0.2) is 0 Å². The predicted molar refractivity (Wildman–Crippen MR) is 49.4 cm³/mol. The summed E-state index contributed by atoms with van der Waals surface area (Å²) in [5, 5.41) is 0. The SMILES string of the molecule is CCCC(=O)CC(=O)CCCC(F)(F)F. The van der Waals surface area contributed by atoms with Gasteiger partial charge in [0.1, 0.15) is 11.6 Å². The number of halogens is 3. The van der Waals surface area contributed by atoms with Crippen molar-refractivity contribution in [1.29, 1.82) is 0 Å². The summed E-state index contributed by atoms with van der Waals surface area (Å²) in [6.07, 6.45) is -4.78. The summed E-state index contributed by atoms with van der Waals surface area (Å²) in [4.78, 5) is 22.0. The molecule has 0 aliphatic heterocycles. The number of carbonyl (C=O) groups is 2. The lowest BCUT2D eigenvalue weighted by Gasteiger charge is -2.04. The number of hydrogen-bond acceptors (Lipinski definition) is 2. The molecule has 0 aromatic rings. The highest BCUT2D eigenvalue weighted by Crippen LogP contribution is 2.22. The molecule has 5 heteroatoms. The van der Waals surface area contributed by atoms with Gasteiger partial charge in [0, 0.05) is 19.3 Å². The average molecular weight is 224 g/mol. The molecule has 0 radical (unpaired) electrons. The van der Waals surface area contributed by atoms with E-state index in [2.05, 4.69) is 0 Å². The van der Waals surface area contributed by atoms with E-state index in [9.17, 15) is 22.8 Å². The van der Waals surface area contributed by atoms with Crippen molar-refractivity contribution in [2.75, 3.05) is 0 Å². The summed E-state index contributed by atoms with van der Waals surface area (Å²) in [6.45, 7) is 1.81. The Morgan fingerprint density at radius 1 is 1.07 bits per heavy atom. The van der Waals surface area contributed by atoms with Crippen molar-refractivity contribution in [1.82, 2.24) is 0 Å². The van der Waals surface area contributed by atoms with E-state index in [1.807, 2.05) is 6.92 Å². The van der Waals surface area contributed by atoms with E-state index in [1.54, 1.807) is 0 Å². The number of alkyl halides is 3. The van der Waals surface area contributed by atoms with E-state index in [0.29, 0.717) is 12.8 Å². The first-order chi connectivity index (χ1) is 6.85. The van der Waals surface area contributed by atoms with E-state index in [1.165, 1.54) is 0 Å². The highest BCUT2D eigenvalue weighted by Gasteiger charge is 2.26. The maximum atomic E-state index is 11.7. The third-order valence-electron chi connectivity index (χ3n) is 1.84. The molecule has 0 fully saturated rings. The monoisotopic (exact) mass is 224 g/mol. The minimum absolute atomic E-state index is 0.158. The van der Waals surface area contributed by atoms with Gasteiger partial charge < -0.3 is 0 Å². The maximum absolute atomic E-state index is 11.7. The Labute approximate surface area is 86.8 Å². The normalized spacial score (nSPS) is 11.5. The molecule has 0 aliphatic carbocycles. The molecule has 0 rings (SSSR count). The molecule has 0 saturated carbocycles. The molecule has 0 spiro atoms. The maximum Gasteiger partial charge on any atom is 0.389 e. The number of rotatable bonds is 7. The standard InChI is InChI=1S/C10H15F3O2/c1-2-4-8(14)7-9(15)5-3-6-10(11,12)13/h2-7H2,1H3. The third kappa shape index (κ3) is 9.43. The molecule has 88 valence electrons. The van der Waals surface area contributed by atoms with Crippen LogP contribution in [0.2, 0.25) is 0 Å². The third-order valence-corrected chi connectivity index (χ3v) is 1.84. The van der Waals surface area contributed by atoms with Gasteiger partial charge in [-0.3, -0.25) is 9.59 Å². The van der Waals surface area contributed by atoms with Crippen molar-refractivity contribution in [3.8, 4) is 0 Å². The van der Waals surface area contributed by atoms with Crippen LogP contribution in [0.5, 0.6) is 0 Å². The van der Waals surface area contributed by atoms with E-state index < -0.39 is 18.4 Å². The molecule has 0 heterocycles. The first-order valence-corrected chi connectivity index (χ1v) is 4.95. The van der Waals surface area contributed by atoms with E-state index in [4.69, 9.17) is 0 Å². The van der Waals surface area contributed by atoms with Crippen molar-refractivity contribution in [2.24, 2.45) is 0 Å². The predicted octanol–water partition coefficient (Wildman–Crippen LogP) is 3.05. The molecule has 0 unspecified atom stereocenters. The van der Waals surface area contributed by atoms with Crippen LogP contribution in [0.25, 0.3) is 0 Å². The van der Waals surface area contributed by atoms with Gasteiger partial charge in [-0.25, -0.2) is 0 Å². The summed E-state index contributed by atoms with van der Waals surface area (Å²) < 4.78 is 35.1. The van der Waals surface area contributed by atoms with Gasteiger partial charge in [0.2, 0.25) is 0 Å². The molecule has 0 aromatic carbocycles. The van der Waals surface area contributed by atoms with Crippen LogP contribution in [0.1, 0.15) is 45.4 Å². The van der Waals surface area contributed by atoms with Gasteiger partial charge in [-0.2, -0.15) is 13.2 Å². The van der Waals surface area contributed by atoms with E-state index in [-0.39, 0.29) is 25.0 Å². The van der Waals surface area contributed by atoms with Crippen LogP contribution in [-0.4, -0.2) is 17.7 Å². The second kappa shape index (κ2) is 6.58. The molecule has 0 N–H and O–H groups in total. The first-order valence-electron chi connectivity index (χ1n) is 4.95. The number of hydrogen-bond donors (Lipinski definition) is 0. The molecule has 0 aromatic heterocycles. The fourth-order valence-electron chi connectivity index (χ4n) is 1.16. The van der Waals surface area contributed by atoms with Crippen LogP contribution in [0, 0.1) is 0 Å². The van der Waals surface area contributed by atoms with Crippen LogP contribution in [0.3, 0.4) is 0 Å². The van der Waals surface area contributed by atoms with Crippen LogP contribution < -0.4 is 0 Å². The van der Waals surface area contributed by atoms with Crippen LogP contribution in [-0.2, 0) is 9.59 Å². The quantitative estimate of drug-likeness (QED) is 0.623. The summed E-state index contributed by atoms with van der Waals surface area (Å²) in [7, 11) is 0. The van der Waals surface area contributed by atoms with Crippen molar-refractivity contribution in [3.63, 3.8) is 0 Å². The minimum Gasteiger partial charge on any atom is -0.299 e. The van der Waals surface area contributed by atoms with E-state index in [0.717, 1.165) is 0 Å².